The number of hydrogen-bond donors (Lipinski definition) is 1. The molecule has 0 amide bonds. The normalized spacial score (nSPS) is 14.8. The van der Waals surface area contributed by atoms with Crippen molar-refractivity contribution < 1.29 is 0 Å². The van der Waals surface area contributed by atoms with Crippen LogP contribution in [0.4, 0.5) is 0 Å². The lowest BCUT2D eigenvalue weighted by Gasteiger charge is -2.13. The molecule has 1 heteroatoms. The van der Waals surface area contributed by atoms with Crippen LogP contribution >= 0.6 is 0 Å². The van der Waals surface area contributed by atoms with Crippen LogP contribution in [0, 0.1) is 5.92 Å². The summed E-state index contributed by atoms with van der Waals surface area (Å²) in [7, 11) is 0. The molecule has 0 saturated carbocycles. The molecular formula is C11H23N. The van der Waals surface area contributed by atoms with E-state index in [0.717, 1.165) is 6.42 Å². The summed E-state index contributed by atoms with van der Waals surface area (Å²) < 4.78 is 0. The molecule has 12 heavy (non-hydrogen) atoms. The predicted octanol–water partition coefficient (Wildman–Crippen LogP) is 3.13. The summed E-state index contributed by atoms with van der Waals surface area (Å²) in [6.45, 7) is 11.7. The van der Waals surface area contributed by atoms with Crippen molar-refractivity contribution in [2.24, 2.45) is 11.7 Å². The summed E-state index contributed by atoms with van der Waals surface area (Å²) in [5.74, 6) is 0.427. The Labute approximate surface area is 77.4 Å². The Kier molecular flexibility index (Phi) is 12.2. The molecule has 0 saturated heterocycles. The Hall–Kier alpha value is -0.560. The minimum atomic E-state index is 0.216. The predicted molar refractivity (Wildman–Crippen MR) is 58.1 cm³/mol. The monoisotopic (exact) mass is 169 g/mol. The van der Waals surface area contributed by atoms with Gasteiger partial charge in [0.1, 0.15) is 0 Å². The number of nitrogens with two attached hydrogens (primary N) is 1. The second kappa shape index (κ2) is 10.4. The van der Waals surface area contributed by atoms with E-state index in [2.05, 4.69) is 12.7 Å². The van der Waals surface area contributed by atoms with Gasteiger partial charge in [0, 0.05) is 6.04 Å². The highest BCUT2D eigenvalue weighted by Crippen LogP contribution is 2.08. The average molecular weight is 169 g/mol. The molecule has 0 rings (SSSR count). The molecule has 2 unspecified atom stereocenters. The third-order valence-electron chi connectivity index (χ3n) is 1.62. The van der Waals surface area contributed by atoms with Crippen molar-refractivity contribution in [1.29, 1.82) is 0 Å². The smallest absolute Gasteiger partial charge is 0.00762 e. The van der Waals surface area contributed by atoms with Crippen LogP contribution in [0.5, 0.6) is 0 Å². The molecule has 0 bridgehead atoms. The summed E-state index contributed by atoms with van der Waals surface area (Å²) in [5.41, 5.74) is 5.68. The molecule has 1 nitrogen and oxygen atoms in total. The highest BCUT2D eigenvalue weighted by Gasteiger charge is 2.05. The Morgan fingerprint density at radius 2 is 1.92 bits per heavy atom. The van der Waals surface area contributed by atoms with Crippen LogP contribution in [0.15, 0.2) is 24.8 Å². The zero-order chi connectivity index (χ0) is 9.98. The fraction of sp³-hybridized carbons (Fsp3) is 0.636. The second-order valence-corrected chi connectivity index (χ2v) is 2.56. The molecule has 0 spiro atoms. The zero-order valence-electron chi connectivity index (χ0n) is 8.88. The van der Waals surface area contributed by atoms with E-state index in [4.69, 9.17) is 5.73 Å². The van der Waals surface area contributed by atoms with Crippen molar-refractivity contribution in [3.05, 3.63) is 24.8 Å². The summed E-state index contributed by atoms with van der Waals surface area (Å²) in [6, 6.07) is 0.216. The van der Waals surface area contributed by atoms with E-state index in [1.807, 2.05) is 39.8 Å². The van der Waals surface area contributed by atoms with Crippen LogP contribution in [0.3, 0.4) is 0 Å². The van der Waals surface area contributed by atoms with Gasteiger partial charge in [0.05, 0.1) is 0 Å². The van der Waals surface area contributed by atoms with Crippen molar-refractivity contribution in [2.45, 2.75) is 40.2 Å². The maximum Gasteiger partial charge on any atom is 0.00762 e. The van der Waals surface area contributed by atoms with Gasteiger partial charge in [-0.3, -0.25) is 0 Å². The van der Waals surface area contributed by atoms with Crippen LogP contribution in [0.2, 0.25) is 0 Å². The second-order valence-electron chi connectivity index (χ2n) is 2.56. The highest BCUT2D eigenvalue weighted by molar-refractivity contribution is 4.91. The fourth-order valence-electron chi connectivity index (χ4n) is 0.819. The summed E-state index contributed by atoms with van der Waals surface area (Å²) >= 11 is 0. The van der Waals surface area contributed by atoms with Gasteiger partial charge in [-0.25, -0.2) is 0 Å². The molecule has 0 aliphatic heterocycles. The van der Waals surface area contributed by atoms with Gasteiger partial charge in [0.15, 0.2) is 0 Å². The lowest BCUT2D eigenvalue weighted by molar-refractivity contribution is 0.542. The van der Waals surface area contributed by atoms with Crippen molar-refractivity contribution in [3.63, 3.8) is 0 Å². The Morgan fingerprint density at radius 1 is 1.42 bits per heavy atom. The van der Waals surface area contributed by atoms with E-state index in [1.54, 1.807) is 0 Å². The minimum Gasteiger partial charge on any atom is -0.327 e. The summed E-state index contributed by atoms with van der Waals surface area (Å²) in [4.78, 5) is 0. The van der Waals surface area contributed by atoms with Gasteiger partial charge in [-0.2, -0.15) is 0 Å². The van der Waals surface area contributed by atoms with E-state index in [1.165, 1.54) is 0 Å². The van der Waals surface area contributed by atoms with Gasteiger partial charge in [-0.05, 0) is 26.2 Å². The fourth-order valence-corrected chi connectivity index (χ4v) is 0.819. The molecule has 0 aromatic heterocycles. The molecule has 0 aromatic rings. The van der Waals surface area contributed by atoms with Crippen molar-refractivity contribution in [2.75, 3.05) is 0 Å². The number of hydrogen-bond acceptors (Lipinski definition) is 1. The molecule has 0 heterocycles. The standard InChI is InChI=1S/C9H17N.C2H6/c1-4-6-7-9(5-2)8(3)10;1-2/h4-6,8-9H,2,7,10H2,1,3H3;1-2H3/b6-4-;. The van der Waals surface area contributed by atoms with E-state index in [9.17, 15) is 0 Å². The van der Waals surface area contributed by atoms with Gasteiger partial charge < -0.3 is 5.73 Å². The lowest BCUT2D eigenvalue weighted by Crippen LogP contribution is -2.24. The third-order valence-corrected chi connectivity index (χ3v) is 1.62. The molecule has 0 fully saturated rings. The maximum absolute atomic E-state index is 5.68. The molecule has 0 aliphatic rings. The van der Waals surface area contributed by atoms with Crippen LogP contribution in [-0.4, -0.2) is 6.04 Å². The van der Waals surface area contributed by atoms with Gasteiger partial charge in [-0.1, -0.05) is 32.1 Å². The highest BCUT2D eigenvalue weighted by atomic mass is 14.6. The molecule has 72 valence electrons. The number of allylic oxidation sites excluding steroid dienone is 2. The van der Waals surface area contributed by atoms with Gasteiger partial charge in [-0.15, -0.1) is 6.58 Å². The Balaban J connectivity index is 0. The first-order chi connectivity index (χ1) is 5.72. The van der Waals surface area contributed by atoms with Gasteiger partial charge in [0.25, 0.3) is 0 Å². The topological polar surface area (TPSA) is 26.0 Å². The van der Waals surface area contributed by atoms with Crippen LogP contribution < -0.4 is 5.73 Å². The lowest BCUT2D eigenvalue weighted by atomic mass is 9.98. The zero-order valence-corrected chi connectivity index (χ0v) is 8.88. The molecule has 2 N–H and O–H groups in total. The largest absolute Gasteiger partial charge is 0.327 e. The molecule has 0 aromatic carbocycles. The first kappa shape index (κ1) is 14.0. The Bertz CT molecular complexity index is 114. The number of rotatable bonds is 4. The van der Waals surface area contributed by atoms with Crippen molar-refractivity contribution >= 4 is 0 Å². The maximum atomic E-state index is 5.68. The quantitative estimate of drug-likeness (QED) is 0.643. The molecule has 0 aliphatic carbocycles. The minimum absolute atomic E-state index is 0.216. The molecule has 0 radical (unpaired) electrons. The van der Waals surface area contributed by atoms with Gasteiger partial charge >= 0.3 is 0 Å². The van der Waals surface area contributed by atoms with Crippen LogP contribution in [0.1, 0.15) is 34.1 Å². The van der Waals surface area contributed by atoms with Crippen LogP contribution in [0.25, 0.3) is 0 Å². The average Bonchev–Trinajstić information content (AvgIpc) is 2.09. The first-order valence-corrected chi connectivity index (χ1v) is 4.71. The van der Waals surface area contributed by atoms with E-state index in [-0.39, 0.29) is 6.04 Å². The van der Waals surface area contributed by atoms with Crippen molar-refractivity contribution in [3.8, 4) is 0 Å². The van der Waals surface area contributed by atoms with Gasteiger partial charge in [0.2, 0.25) is 0 Å². The summed E-state index contributed by atoms with van der Waals surface area (Å²) in [5, 5.41) is 0. The third kappa shape index (κ3) is 7.55. The Morgan fingerprint density at radius 3 is 2.17 bits per heavy atom. The van der Waals surface area contributed by atoms with Crippen molar-refractivity contribution in [1.82, 2.24) is 0 Å². The molecule has 2 atom stereocenters. The summed E-state index contributed by atoms with van der Waals surface area (Å²) in [6.07, 6.45) is 7.09. The SMILES string of the molecule is C=CC(C/C=C\C)C(C)N.CC. The van der Waals surface area contributed by atoms with E-state index < -0.39 is 0 Å². The van der Waals surface area contributed by atoms with E-state index in [0.29, 0.717) is 5.92 Å². The van der Waals surface area contributed by atoms with Crippen LogP contribution in [-0.2, 0) is 0 Å². The molecular weight excluding hydrogens is 146 g/mol. The van der Waals surface area contributed by atoms with E-state index >= 15 is 0 Å². The first-order valence-electron chi connectivity index (χ1n) is 4.71.